The van der Waals surface area contributed by atoms with E-state index in [1.165, 1.54) is 6.42 Å². The van der Waals surface area contributed by atoms with Gasteiger partial charge in [0.2, 0.25) is 0 Å². The van der Waals surface area contributed by atoms with Gasteiger partial charge in [-0.15, -0.1) is 0 Å². The summed E-state index contributed by atoms with van der Waals surface area (Å²) in [6, 6.07) is 0. The molecule has 1 rings (SSSR count). The fourth-order valence-electron chi connectivity index (χ4n) is 1.35. The van der Waals surface area contributed by atoms with Crippen LogP contribution in [0.25, 0.3) is 0 Å². The van der Waals surface area contributed by atoms with Crippen LogP contribution in [0.5, 0.6) is 0 Å². The third kappa shape index (κ3) is 4.04. The minimum atomic E-state index is -1.11. The van der Waals surface area contributed by atoms with Gasteiger partial charge in [-0.2, -0.15) is 0 Å². The molecule has 0 atom stereocenters. The summed E-state index contributed by atoms with van der Waals surface area (Å²) in [4.78, 5) is 21.2. The maximum absolute atomic E-state index is 11.1. The molecule has 0 saturated carbocycles. The Hall–Kier alpha value is -1.36. The first-order valence-electron chi connectivity index (χ1n) is 4.65. The predicted molar refractivity (Wildman–Crippen MR) is 50.3 cm³/mol. The number of nitrogens with one attached hydrogen (secondary N) is 1. The molecular formula is C9H14N2O3. The summed E-state index contributed by atoms with van der Waals surface area (Å²) in [5.74, 6) is -1.49. The zero-order valence-corrected chi connectivity index (χ0v) is 7.90. The second-order valence-electron chi connectivity index (χ2n) is 3.20. The van der Waals surface area contributed by atoms with Crippen LogP contribution in [0.2, 0.25) is 0 Å². The molecule has 0 spiro atoms. The number of carbonyl (C=O) groups is 2. The zero-order chi connectivity index (χ0) is 10.4. The van der Waals surface area contributed by atoms with Gasteiger partial charge in [0.15, 0.2) is 0 Å². The van der Waals surface area contributed by atoms with Gasteiger partial charge in [0.1, 0.15) is 0 Å². The molecule has 0 unspecified atom stereocenters. The molecule has 0 aromatic carbocycles. The van der Waals surface area contributed by atoms with Crippen LogP contribution in [0.4, 0.5) is 0 Å². The molecule has 5 heteroatoms. The van der Waals surface area contributed by atoms with Crippen molar-refractivity contribution >= 4 is 11.9 Å². The molecule has 0 aromatic rings. The summed E-state index contributed by atoms with van der Waals surface area (Å²) >= 11 is 0. The van der Waals surface area contributed by atoms with E-state index in [1.54, 1.807) is 0 Å². The molecule has 1 fully saturated rings. The monoisotopic (exact) mass is 198 g/mol. The topological polar surface area (TPSA) is 69.6 Å². The normalized spacial score (nSPS) is 18.3. The van der Waals surface area contributed by atoms with Crippen molar-refractivity contribution in [3.8, 4) is 0 Å². The molecule has 1 saturated heterocycles. The molecule has 78 valence electrons. The third-order valence-corrected chi connectivity index (χ3v) is 2.00. The fraction of sp³-hybridized carbons (Fsp3) is 0.556. The van der Waals surface area contributed by atoms with Crippen LogP contribution in [0, 0.1) is 0 Å². The standard InChI is InChI=1S/C9H14N2O3/c12-8(4-5-9(13)14)10-11-6-2-1-3-7-11/h4-5H,1-3,6-7H2,(H,10,12)(H,13,14)/b5-4-. The van der Waals surface area contributed by atoms with Crippen molar-refractivity contribution < 1.29 is 14.7 Å². The minimum absolute atomic E-state index is 0.380. The van der Waals surface area contributed by atoms with Crippen LogP contribution in [-0.2, 0) is 9.59 Å². The van der Waals surface area contributed by atoms with Crippen LogP contribution in [-0.4, -0.2) is 35.1 Å². The van der Waals surface area contributed by atoms with Crippen molar-refractivity contribution in [2.24, 2.45) is 0 Å². The van der Waals surface area contributed by atoms with E-state index < -0.39 is 5.97 Å². The minimum Gasteiger partial charge on any atom is -0.478 e. The third-order valence-electron chi connectivity index (χ3n) is 2.00. The van der Waals surface area contributed by atoms with Gasteiger partial charge in [0, 0.05) is 25.2 Å². The molecule has 1 aliphatic rings. The SMILES string of the molecule is O=C(O)/C=C\C(=O)NN1CCCCC1. The highest BCUT2D eigenvalue weighted by molar-refractivity contribution is 5.93. The van der Waals surface area contributed by atoms with Gasteiger partial charge < -0.3 is 5.11 Å². The Morgan fingerprint density at radius 3 is 2.36 bits per heavy atom. The Balaban J connectivity index is 2.28. The Kier molecular flexibility index (Phi) is 4.12. The van der Waals surface area contributed by atoms with Crippen molar-refractivity contribution in [2.75, 3.05) is 13.1 Å². The van der Waals surface area contributed by atoms with Gasteiger partial charge in [0.25, 0.3) is 5.91 Å². The lowest BCUT2D eigenvalue weighted by atomic mass is 10.2. The lowest BCUT2D eigenvalue weighted by molar-refractivity contribution is -0.132. The Morgan fingerprint density at radius 2 is 1.79 bits per heavy atom. The van der Waals surface area contributed by atoms with Crippen molar-refractivity contribution in [1.29, 1.82) is 0 Å². The number of carbonyl (C=O) groups excluding carboxylic acids is 1. The number of aliphatic carboxylic acids is 1. The van der Waals surface area contributed by atoms with Gasteiger partial charge in [-0.3, -0.25) is 10.2 Å². The number of hydrogen-bond donors (Lipinski definition) is 2. The summed E-state index contributed by atoms with van der Waals surface area (Å²) in [6.45, 7) is 1.68. The number of hydrogen-bond acceptors (Lipinski definition) is 3. The maximum atomic E-state index is 11.1. The highest BCUT2D eigenvalue weighted by Crippen LogP contribution is 2.05. The number of carboxylic acid groups (broad SMARTS) is 1. The lowest BCUT2D eigenvalue weighted by Crippen LogP contribution is -2.44. The summed E-state index contributed by atoms with van der Waals surface area (Å²) in [6.07, 6.45) is 5.19. The maximum Gasteiger partial charge on any atom is 0.328 e. The largest absolute Gasteiger partial charge is 0.478 e. The van der Waals surface area contributed by atoms with Crippen molar-refractivity contribution in [3.05, 3.63) is 12.2 Å². The highest BCUT2D eigenvalue weighted by Gasteiger charge is 2.10. The quantitative estimate of drug-likeness (QED) is 0.633. The zero-order valence-electron chi connectivity index (χ0n) is 7.90. The first kappa shape index (κ1) is 10.7. The van der Waals surface area contributed by atoms with Crippen molar-refractivity contribution in [3.63, 3.8) is 0 Å². The molecule has 5 nitrogen and oxygen atoms in total. The summed E-state index contributed by atoms with van der Waals surface area (Å²) in [5.41, 5.74) is 2.62. The van der Waals surface area contributed by atoms with E-state index in [2.05, 4.69) is 5.43 Å². The number of carboxylic acids is 1. The van der Waals surface area contributed by atoms with Crippen LogP contribution < -0.4 is 5.43 Å². The second kappa shape index (κ2) is 5.39. The molecule has 0 aromatic heterocycles. The Bertz CT molecular complexity index is 244. The molecule has 14 heavy (non-hydrogen) atoms. The van der Waals surface area contributed by atoms with E-state index in [0.717, 1.165) is 38.1 Å². The molecule has 1 aliphatic heterocycles. The molecule has 1 amide bonds. The second-order valence-corrected chi connectivity index (χ2v) is 3.20. The molecule has 0 bridgehead atoms. The van der Waals surface area contributed by atoms with Gasteiger partial charge in [0.05, 0.1) is 0 Å². The van der Waals surface area contributed by atoms with Crippen LogP contribution in [0.15, 0.2) is 12.2 Å². The van der Waals surface area contributed by atoms with Gasteiger partial charge >= 0.3 is 5.97 Å². The van der Waals surface area contributed by atoms with Crippen LogP contribution in [0.1, 0.15) is 19.3 Å². The van der Waals surface area contributed by atoms with Gasteiger partial charge in [-0.1, -0.05) is 6.42 Å². The van der Waals surface area contributed by atoms with E-state index >= 15 is 0 Å². The Labute approximate surface area is 82.4 Å². The van der Waals surface area contributed by atoms with E-state index in [1.807, 2.05) is 5.01 Å². The summed E-state index contributed by atoms with van der Waals surface area (Å²) in [7, 11) is 0. The number of piperidine rings is 1. The molecule has 0 radical (unpaired) electrons. The predicted octanol–water partition coefficient (Wildman–Crippen LogP) is 0.144. The van der Waals surface area contributed by atoms with Gasteiger partial charge in [-0.25, -0.2) is 9.80 Å². The number of amides is 1. The average Bonchev–Trinajstić information content (AvgIpc) is 2.16. The molecule has 1 heterocycles. The van der Waals surface area contributed by atoms with E-state index in [4.69, 9.17) is 5.11 Å². The smallest absolute Gasteiger partial charge is 0.328 e. The van der Waals surface area contributed by atoms with Crippen molar-refractivity contribution in [1.82, 2.24) is 10.4 Å². The average molecular weight is 198 g/mol. The molecule has 0 aliphatic carbocycles. The first-order chi connectivity index (χ1) is 6.68. The van der Waals surface area contributed by atoms with E-state index in [0.29, 0.717) is 0 Å². The Morgan fingerprint density at radius 1 is 1.14 bits per heavy atom. The first-order valence-corrected chi connectivity index (χ1v) is 4.65. The molecular weight excluding hydrogens is 184 g/mol. The van der Waals surface area contributed by atoms with E-state index in [9.17, 15) is 9.59 Å². The number of nitrogens with zero attached hydrogens (tertiary/aromatic N) is 1. The van der Waals surface area contributed by atoms with E-state index in [-0.39, 0.29) is 5.91 Å². The van der Waals surface area contributed by atoms with Crippen LogP contribution >= 0.6 is 0 Å². The molecule has 2 N–H and O–H groups in total. The summed E-state index contributed by atoms with van der Waals surface area (Å²) in [5, 5.41) is 10.1. The van der Waals surface area contributed by atoms with Gasteiger partial charge in [-0.05, 0) is 12.8 Å². The fourth-order valence-corrected chi connectivity index (χ4v) is 1.35. The lowest BCUT2D eigenvalue weighted by Gasteiger charge is -2.26. The van der Waals surface area contributed by atoms with Crippen LogP contribution in [0.3, 0.4) is 0 Å². The number of rotatable bonds is 3. The summed E-state index contributed by atoms with van der Waals surface area (Å²) < 4.78 is 0. The highest BCUT2D eigenvalue weighted by atomic mass is 16.4. The number of hydrazine groups is 1. The van der Waals surface area contributed by atoms with Crippen molar-refractivity contribution in [2.45, 2.75) is 19.3 Å².